The number of allylic oxidation sites excluding steroid dienone is 4. The van der Waals surface area contributed by atoms with E-state index in [0.717, 1.165) is 5.92 Å². The van der Waals surface area contributed by atoms with Crippen molar-refractivity contribution in [1.29, 1.82) is 0 Å². The lowest BCUT2D eigenvalue weighted by molar-refractivity contribution is 0.483. The second-order valence-electron chi connectivity index (χ2n) is 9.35. The fourth-order valence-electron chi connectivity index (χ4n) is 4.68. The molecule has 1 unspecified atom stereocenters. The molecule has 0 fully saturated rings. The molecule has 0 aromatic rings. The maximum absolute atomic E-state index is 2.38. The van der Waals surface area contributed by atoms with Crippen molar-refractivity contribution < 1.29 is 0 Å². The van der Waals surface area contributed by atoms with Crippen molar-refractivity contribution >= 4 is 0 Å². The van der Waals surface area contributed by atoms with Gasteiger partial charge in [0.2, 0.25) is 0 Å². The molecule has 0 heteroatoms. The van der Waals surface area contributed by atoms with Crippen LogP contribution in [0.3, 0.4) is 0 Å². The predicted octanol–water partition coefficient (Wildman–Crippen LogP) is 9.94. The number of hydrogen-bond acceptors (Lipinski definition) is 0. The smallest absolute Gasteiger partial charge is 0.0163 e. The number of hydrogen-bond donors (Lipinski definition) is 0. The van der Waals surface area contributed by atoms with Crippen LogP contribution in [0.25, 0.3) is 0 Å². The lowest BCUT2D eigenvalue weighted by Crippen LogP contribution is -2.11. The van der Waals surface area contributed by atoms with Crippen molar-refractivity contribution in [2.24, 2.45) is 5.92 Å². The van der Waals surface area contributed by atoms with Crippen LogP contribution in [0.2, 0.25) is 0 Å². The zero-order chi connectivity index (χ0) is 19.9. The molecule has 158 valence electrons. The van der Waals surface area contributed by atoms with Gasteiger partial charge in [-0.1, -0.05) is 114 Å². The molecule has 1 aliphatic carbocycles. The first-order chi connectivity index (χ1) is 13.1. The zero-order valence-corrected chi connectivity index (χ0v) is 19.6. The van der Waals surface area contributed by atoms with E-state index in [2.05, 4.69) is 34.6 Å². The highest BCUT2D eigenvalue weighted by atomic mass is 14.3. The largest absolute Gasteiger partial charge is 0.0695 e. The summed E-state index contributed by atoms with van der Waals surface area (Å²) in [4.78, 5) is 0. The molecule has 0 radical (unpaired) electrons. The Bertz CT molecular complexity index is 437. The first kappa shape index (κ1) is 24.5. The van der Waals surface area contributed by atoms with E-state index in [1.165, 1.54) is 109 Å². The predicted molar refractivity (Wildman–Crippen MR) is 124 cm³/mol. The van der Waals surface area contributed by atoms with Crippen LogP contribution in [0.15, 0.2) is 22.3 Å². The molecule has 0 heterocycles. The fourth-order valence-corrected chi connectivity index (χ4v) is 4.68. The van der Waals surface area contributed by atoms with Gasteiger partial charge in [-0.25, -0.2) is 0 Å². The molecule has 0 aliphatic heterocycles. The minimum Gasteiger partial charge on any atom is -0.0695 e. The second-order valence-corrected chi connectivity index (χ2v) is 9.35. The minimum absolute atomic E-state index is 0.829. The Morgan fingerprint density at radius 3 is 1.41 bits per heavy atom. The third-order valence-corrected chi connectivity index (χ3v) is 7.12. The summed E-state index contributed by atoms with van der Waals surface area (Å²) < 4.78 is 0. The first-order valence-corrected chi connectivity index (χ1v) is 12.4. The van der Waals surface area contributed by atoms with Gasteiger partial charge in [0.15, 0.2) is 0 Å². The van der Waals surface area contributed by atoms with Crippen molar-refractivity contribution in [3.63, 3.8) is 0 Å². The summed E-state index contributed by atoms with van der Waals surface area (Å²) in [6, 6.07) is 0. The Balaban J connectivity index is 1.89. The van der Waals surface area contributed by atoms with Crippen LogP contribution in [-0.4, -0.2) is 0 Å². The van der Waals surface area contributed by atoms with E-state index in [9.17, 15) is 0 Å². The van der Waals surface area contributed by atoms with Crippen LogP contribution in [0.5, 0.6) is 0 Å². The van der Waals surface area contributed by atoms with E-state index >= 15 is 0 Å². The van der Waals surface area contributed by atoms with Crippen LogP contribution in [0.4, 0.5) is 0 Å². The molecule has 0 saturated heterocycles. The summed E-state index contributed by atoms with van der Waals surface area (Å²) in [7, 11) is 0. The van der Waals surface area contributed by atoms with Crippen molar-refractivity contribution in [3.05, 3.63) is 22.3 Å². The third kappa shape index (κ3) is 10.6. The highest BCUT2D eigenvalue weighted by Crippen LogP contribution is 2.36. The van der Waals surface area contributed by atoms with Gasteiger partial charge in [0, 0.05) is 0 Å². The molecule has 0 N–H and O–H groups in total. The van der Waals surface area contributed by atoms with Gasteiger partial charge in [0.25, 0.3) is 0 Å². The normalized spacial score (nSPS) is 17.9. The van der Waals surface area contributed by atoms with Gasteiger partial charge in [0.1, 0.15) is 0 Å². The SMILES string of the molecule is CCCCCCCCCCCCCCCCCC1CC(C)=C(C)C(C)=C1C. The summed E-state index contributed by atoms with van der Waals surface area (Å²) in [6.45, 7) is 11.6. The molecule has 1 rings (SSSR count). The van der Waals surface area contributed by atoms with Gasteiger partial charge >= 0.3 is 0 Å². The number of unbranched alkanes of at least 4 members (excludes halogenated alkanes) is 14. The molecule has 1 aliphatic rings. The molecule has 0 aromatic heterocycles. The molecule has 0 amide bonds. The van der Waals surface area contributed by atoms with Crippen LogP contribution in [0, 0.1) is 5.92 Å². The van der Waals surface area contributed by atoms with Crippen LogP contribution in [-0.2, 0) is 0 Å². The average molecular weight is 375 g/mol. The highest BCUT2D eigenvalue weighted by Gasteiger charge is 2.20. The molecule has 0 aromatic carbocycles. The monoisotopic (exact) mass is 374 g/mol. The van der Waals surface area contributed by atoms with Gasteiger partial charge in [-0.15, -0.1) is 0 Å². The molecular weight excluding hydrogens is 324 g/mol. The Hall–Kier alpha value is -0.520. The zero-order valence-electron chi connectivity index (χ0n) is 19.6. The molecule has 0 nitrogen and oxygen atoms in total. The van der Waals surface area contributed by atoms with Gasteiger partial charge in [-0.3, -0.25) is 0 Å². The Morgan fingerprint density at radius 1 is 0.556 bits per heavy atom. The van der Waals surface area contributed by atoms with E-state index < -0.39 is 0 Å². The maximum Gasteiger partial charge on any atom is -0.0163 e. The van der Waals surface area contributed by atoms with Gasteiger partial charge in [-0.05, 0) is 57.6 Å². The van der Waals surface area contributed by atoms with Crippen LogP contribution < -0.4 is 0 Å². The molecular formula is C27H50. The van der Waals surface area contributed by atoms with Gasteiger partial charge < -0.3 is 0 Å². The Labute approximate surface area is 172 Å². The van der Waals surface area contributed by atoms with Crippen molar-refractivity contribution in [2.75, 3.05) is 0 Å². The van der Waals surface area contributed by atoms with E-state index in [-0.39, 0.29) is 0 Å². The van der Waals surface area contributed by atoms with Gasteiger partial charge in [-0.2, -0.15) is 0 Å². The van der Waals surface area contributed by atoms with Crippen LogP contribution >= 0.6 is 0 Å². The number of rotatable bonds is 16. The maximum atomic E-state index is 2.38. The van der Waals surface area contributed by atoms with Gasteiger partial charge in [0.05, 0.1) is 0 Å². The second kappa shape index (κ2) is 15.4. The van der Waals surface area contributed by atoms with E-state index in [4.69, 9.17) is 0 Å². The third-order valence-electron chi connectivity index (χ3n) is 7.12. The van der Waals surface area contributed by atoms with E-state index in [1.807, 2.05) is 0 Å². The summed E-state index contributed by atoms with van der Waals surface area (Å²) in [5, 5.41) is 0. The lowest BCUT2D eigenvalue weighted by Gasteiger charge is -2.27. The molecule has 0 bridgehead atoms. The summed E-state index contributed by atoms with van der Waals surface area (Å²) in [6.07, 6.45) is 24.6. The van der Waals surface area contributed by atoms with Crippen molar-refractivity contribution in [3.8, 4) is 0 Å². The summed E-state index contributed by atoms with van der Waals surface area (Å²) in [5.74, 6) is 0.829. The Kier molecular flexibility index (Phi) is 14.0. The quantitative estimate of drug-likeness (QED) is 0.236. The molecule has 27 heavy (non-hydrogen) atoms. The average Bonchev–Trinajstić information content (AvgIpc) is 2.67. The molecule has 0 spiro atoms. The molecule has 1 atom stereocenters. The topological polar surface area (TPSA) is 0 Å². The lowest BCUT2D eigenvalue weighted by atomic mass is 9.78. The first-order valence-electron chi connectivity index (χ1n) is 12.4. The fraction of sp³-hybridized carbons (Fsp3) is 0.852. The minimum atomic E-state index is 0.829. The van der Waals surface area contributed by atoms with Crippen molar-refractivity contribution in [1.82, 2.24) is 0 Å². The standard InChI is InChI=1S/C27H50/c1-6-7-8-9-10-11-12-13-14-15-16-17-18-19-20-21-27-22-23(2)24(3)25(4)26(27)5/h27H,6-22H2,1-5H3. The van der Waals surface area contributed by atoms with Crippen LogP contribution in [0.1, 0.15) is 144 Å². The van der Waals surface area contributed by atoms with E-state index in [1.54, 1.807) is 22.3 Å². The van der Waals surface area contributed by atoms with Crippen molar-refractivity contribution in [2.45, 2.75) is 144 Å². The molecule has 0 saturated carbocycles. The van der Waals surface area contributed by atoms with E-state index in [0.29, 0.717) is 0 Å². The summed E-state index contributed by atoms with van der Waals surface area (Å²) >= 11 is 0. The highest BCUT2D eigenvalue weighted by molar-refractivity contribution is 5.39. The Morgan fingerprint density at radius 2 is 0.963 bits per heavy atom. The summed E-state index contributed by atoms with van der Waals surface area (Å²) in [5.41, 5.74) is 6.43.